The van der Waals surface area contributed by atoms with Crippen LogP contribution in [0.5, 0.6) is 0 Å². The quantitative estimate of drug-likeness (QED) is 0.836. The van der Waals surface area contributed by atoms with Crippen molar-refractivity contribution < 1.29 is 9.84 Å². The van der Waals surface area contributed by atoms with E-state index in [1.54, 1.807) is 0 Å². The van der Waals surface area contributed by atoms with Crippen molar-refractivity contribution in [2.45, 2.75) is 31.9 Å². The van der Waals surface area contributed by atoms with E-state index >= 15 is 0 Å². The van der Waals surface area contributed by atoms with Gasteiger partial charge in [-0.25, -0.2) is 0 Å². The first-order chi connectivity index (χ1) is 8.08. The predicted molar refractivity (Wildman–Crippen MR) is 68.0 cm³/mol. The lowest BCUT2D eigenvalue weighted by molar-refractivity contribution is 0.00319. The van der Waals surface area contributed by atoms with E-state index in [1.165, 1.54) is 5.56 Å². The molecule has 1 fully saturated rings. The van der Waals surface area contributed by atoms with Crippen LogP contribution in [0.1, 0.15) is 24.5 Å². The lowest BCUT2D eigenvalue weighted by atomic mass is 9.88. The molecule has 1 aliphatic heterocycles. The predicted octanol–water partition coefficient (Wildman–Crippen LogP) is 1.58. The molecule has 2 rings (SSSR count). The van der Waals surface area contributed by atoms with E-state index in [-0.39, 0.29) is 6.04 Å². The van der Waals surface area contributed by atoms with Gasteiger partial charge in [0.1, 0.15) is 0 Å². The van der Waals surface area contributed by atoms with E-state index in [2.05, 4.69) is 5.32 Å². The molecule has 1 saturated heterocycles. The normalized spacial score (nSPS) is 24.3. The summed E-state index contributed by atoms with van der Waals surface area (Å²) in [5.41, 5.74) is 1.35. The largest absolute Gasteiger partial charge is 0.385 e. The summed E-state index contributed by atoms with van der Waals surface area (Å²) in [6, 6.07) is 8.30. The number of rotatable bonds is 3. The summed E-state index contributed by atoms with van der Waals surface area (Å²) in [6.07, 6.45) is 0.677. The van der Waals surface area contributed by atoms with Gasteiger partial charge in [-0.1, -0.05) is 29.8 Å². The van der Waals surface area contributed by atoms with Gasteiger partial charge in [-0.2, -0.15) is 0 Å². The second kappa shape index (κ2) is 5.17. The number of aliphatic hydroxyl groups is 1. The van der Waals surface area contributed by atoms with E-state index in [1.807, 2.05) is 38.1 Å². The van der Waals surface area contributed by atoms with Gasteiger partial charge in [-0.15, -0.1) is 0 Å². The molecule has 0 amide bonds. The molecular formula is C14H21NO2. The Labute approximate surface area is 103 Å². The summed E-state index contributed by atoms with van der Waals surface area (Å²) in [7, 11) is 0. The topological polar surface area (TPSA) is 41.5 Å². The number of hydrogen-bond donors (Lipinski definition) is 2. The van der Waals surface area contributed by atoms with Gasteiger partial charge in [0.05, 0.1) is 18.8 Å². The van der Waals surface area contributed by atoms with Crippen LogP contribution in [0, 0.1) is 6.92 Å². The molecule has 0 aliphatic carbocycles. The second-order valence-electron chi connectivity index (χ2n) is 5.07. The highest BCUT2D eigenvalue weighted by Crippen LogP contribution is 2.27. The van der Waals surface area contributed by atoms with Crippen molar-refractivity contribution in [1.29, 1.82) is 0 Å². The fourth-order valence-corrected chi connectivity index (χ4v) is 2.33. The maximum absolute atomic E-state index is 10.6. The van der Waals surface area contributed by atoms with E-state index in [4.69, 9.17) is 4.74 Å². The monoisotopic (exact) mass is 235 g/mol. The Balaban J connectivity index is 2.06. The van der Waals surface area contributed by atoms with Gasteiger partial charge in [0.25, 0.3) is 0 Å². The Morgan fingerprint density at radius 2 is 2.35 bits per heavy atom. The van der Waals surface area contributed by atoms with Crippen LogP contribution in [0.2, 0.25) is 0 Å². The van der Waals surface area contributed by atoms with Crippen LogP contribution >= 0.6 is 0 Å². The van der Waals surface area contributed by atoms with Crippen LogP contribution < -0.4 is 5.32 Å². The van der Waals surface area contributed by atoms with Gasteiger partial charge < -0.3 is 15.2 Å². The van der Waals surface area contributed by atoms with Crippen molar-refractivity contribution >= 4 is 0 Å². The van der Waals surface area contributed by atoms with Gasteiger partial charge in [-0.3, -0.25) is 0 Å². The van der Waals surface area contributed by atoms with Crippen molar-refractivity contribution in [2.24, 2.45) is 0 Å². The molecule has 0 spiro atoms. The van der Waals surface area contributed by atoms with E-state index in [9.17, 15) is 5.11 Å². The number of aryl methyl sites for hydroxylation is 1. The molecule has 17 heavy (non-hydrogen) atoms. The maximum atomic E-state index is 10.6. The molecule has 0 aromatic heterocycles. The van der Waals surface area contributed by atoms with Crippen molar-refractivity contribution in [3.8, 4) is 0 Å². The number of benzene rings is 1. The minimum atomic E-state index is -0.801. The number of nitrogens with one attached hydrogen (secondary N) is 1. The van der Waals surface area contributed by atoms with E-state index < -0.39 is 5.60 Å². The zero-order valence-electron chi connectivity index (χ0n) is 10.6. The Hall–Kier alpha value is -0.900. The zero-order chi connectivity index (χ0) is 12.3. The van der Waals surface area contributed by atoms with Crippen LogP contribution in [0.25, 0.3) is 0 Å². The Kier molecular flexibility index (Phi) is 3.82. The zero-order valence-corrected chi connectivity index (χ0v) is 10.6. The average Bonchev–Trinajstić information content (AvgIpc) is 2.30. The van der Waals surface area contributed by atoms with Crippen molar-refractivity contribution in [1.82, 2.24) is 5.32 Å². The molecule has 0 saturated carbocycles. The third kappa shape index (κ3) is 3.28. The van der Waals surface area contributed by atoms with Crippen molar-refractivity contribution in [3.63, 3.8) is 0 Å². The summed E-state index contributed by atoms with van der Waals surface area (Å²) in [4.78, 5) is 0. The fraction of sp³-hybridized carbons (Fsp3) is 0.571. The minimum absolute atomic E-state index is 0.235. The van der Waals surface area contributed by atoms with Crippen LogP contribution in [-0.2, 0) is 10.3 Å². The first-order valence-corrected chi connectivity index (χ1v) is 6.18. The molecular weight excluding hydrogens is 214 g/mol. The SMILES string of the molecule is Cc1cccc(C(C)(O)CC2COCCN2)c1. The first kappa shape index (κ1) is 12.6. The van der Waals surface area contributed by atoms with Gasteiger partial charge >= 0.3 is 0 Å². The lowest BCUT2D eigenvalue weighted by Crippen LogP contribution is -2.45. The molecule has 3 nitrogen and oxygen atoms in total. The Morgan fingerprint density at radius 3 is 3.00 bits per heavy atom. The fourth-order valence-electron chi connectivity index (χ4n) is 2.33. The molecule has 1 aromatic rings. The molecule has 0 radical (unpaired) electrons. The summed E-state index contributed by atoms with van der Waals surface area (Å²) in [6.45, 7) is 6.24. The molecule has 2 atom stereocenters. The first-order valence-electron chi connectivity index (χ1n) is 6.18. The highest BCUT2D eigenvalue weighted by molar-refractivity contribution is 5.27. The third-order valence-electron chi connectivity index (χ3n) is 3.28. The summed E-state index contributed by atoms with van der Waals surface area (Å²) >= 11 is 0. The minimum Gasteiger partial charge on any atom is -0.385 e. The molecule has 1 aliphatic rings. The Morgan fingerprint density at radius 1 is 1.53 bits per heavy atom. The van der Waals surface area contributed by atoms with Gasteiger partial charge in [-0.05, 0) is 25.8 Å². The molecule has 1 aromatic carbocycles. The van der Waals surface area contributed by atoms with Crippen LogP contribution in [0.15, 0.2) is 24.3 Å². The lowest BCUT2D eigenvalue weighted by Gasteiger charge is -2.32. The molecule has 94 valence electrons. The summed E-state index contributed by atoms with van der Waals surface area (Å²) < 4.78 is 5.41. The highest BCUT2D eigenvalue weighted by Gasteiger charge is 2.28. The average molecular weight is 235 g/mol. The molecule has 0 bridgehead atoms. The molecule has 2 N–H and O–H groups in total. The molecule has 2 unspecified atom stereocenters. The number of morpholine rings is 1. The maximum Gasteiger partial charge on any atom is 0.0884 e. The third-order valence-corrected chi connectivity index (χ3v) is 3.28. The van der Waals surface area contributed by atoms with Crippen molar-refractivity contribution in [3.05, 3.63) is 35.4 Å². The number of ether oxygens (including phenoxy) is 1. The van der Waals surface area contributed by atoms with Gasteiger partial charge in [0.15, 0.2) is 0 Å². The number of hydrogen-bond acceptors (Lipinski definition) is 3. The summed E-state index contributed by atoms with van der Waals surface area (Å²) in [5.74, 6) is 0. The second-order valence-corrected chi connectivity index (χ2v) is 5.07. The van der Waals surface area contributed by atoms with Crippen LogP contribution in [0.3, 0.4) is 0 Å². The Bertz CT molecular complexity index is 370. The van der Waals surface area contributed by atoms with Crippen LogP contribution in [-0.4, -0.2) is 30.9 Å². The summed E-state index contributed by atoms with van der Waals surface area (Å²) in [5, 5.41) is 13.9. The standard InChI is InChI=1S/C14H21NO2/c1-11-4-3-5-12(8-11)14(2,16)9-13-10-17-7-6-15-13/h3-5,8,13,15-16H,6-7,9-10H2,1-2H3. The molecule has 1 heterocycles. The van der Waals surface area contributed by atoms with Crippen LogP contribution in [0.4, 0.5) is 0 Å². The molecule has 3 heteroatoms. The van der Waals surface area contributed by atoms with E-state index in [0.29, 0.717) is 13.0 Å². The van der Waals surface area contributed by atoms with Crippen molar-refractivity contribution in [2.75, 3.05) is 19.8 Å². The van der Waals surface area contributed by atoms with E-state index in [0.717, 1.165) is 18.7 Å². The highest BCUT2D eigenvalue weighted by atomic mass is 16.5. The smallest absolute Gasteiger partial charge is 0.0884 e. The van der Waals surface area contributed by atoms with Gasteiger partial charge in [0.2, 0.25) is 0 Å². The van der Waals surface area contributed by atoms with Gasteiger partial charge in [0, 0.05) is 12.6 Å².